The van der Waals surface area contributed by atoms with Crippen molar-refractivity contribution in [3.8, 4) is 5.75 Å². The topological polar surface area (TPSA) is 99.0 Å². The highest BCUT2D eigenvalue weighted by Gasteiger charge is 2.37. The second-order valence-corrected chi connectivity index (χ2v) is 10.6. The number of hydrogen-bond acceptors (Lipinski definition) is 7. The van der Waals surface area contributed by atoms with Gasteiger partial charge in [-0.25, -0.2) is 9.79 Å². The van der Waals surface area contributed by atoms with E-state index in [0.29, 0.717) is 43.1 Å². The van der Waals surface area contributed by atoms with Crippen molar-refractivity contribution in [3.05, 3.63) is 88.5 Å². The first-order chi connectivity index (χ1) is 17.6. The third-order valence-corrected chi connectivity index (χ3v) is 7.52. The molecule has 0 spiro atoms. The summed E-state index contributed by atoms with van der Waals surface area (Å²) in [6.45, 7) is 5.15. The molecule has 190 valence electrons. The number of ether oxygens (including phenoxy) is 2. The number of fused-ring (bicyclic) bond motifs is 2. The summed E-state index contributed by atoms with van der Waals surface area (Å²) in [6.07, 6.45) is -0.398. The first-order valence-corrected chi connectivity index (χ1v) is 12.9. The molecule has 2 aliphatic rings. The van der Waals surface area contributed by atoms with Crippen LogP contribution in [0.5, 0.6) is 5.75 Å². The number of carbonyl (C=O) groups is 2. The second kappa shape index (κ2) is 9.48. The molecule has 8 nitrogen and oxygen atoms in total. The van der Waals surface area contributed by atoms with E-state index in [-0.39, 0.29) is 15.7 Å². The molecule has 3 heterocycles. The summed E-state index contributed by atoms with van der Waals surface area (Å²) >= 11 is 13.6. The van der Waals surface area contributed by atoms with Crippen LogP contribution in [0, 0.1) is 0 Å². The number of anilines is 1. The molecule has 37 heavy (non-hydrogen) atoms. The molecule has 1 amide bonds. The van der Waals surface area contributed by atoms with Crippen LogP contribution in [0.1, 0.15) is 37.9 Å². The fourth-order valence-corrected chi connectivity index (χ4v) is 5.98. The Bertz CT molecular complexity index is 1700. The Morgan fingerprint density at radius 2 is 1.84 bits per heavy atom. The van der Waals surface area contributed by atoms with Crippen LogP contribution in [0.2, 0.25) is 10.0 Å². The molecule has 11 heteroatoms. The Hall–Kier alpha value is -3.40. The van der Waals surface area contributed by atoms with Gasteiger partial charge < -0.3 is 14.8 Å². The summed E-state index contributed by atoms with van der Waals surface area (Å²) in [7, 11) is 1.49. The zero-order valence-electron chi connectivity index (χ0n) is 20.2. The number of allylic oxidation sites excluding steroid dienone is 1. The van der Waals surface area contributed by atoms with E-state index in [0.717, 1.165) is 11.3 Å². The number of amides is 1. The minimum absolute atomic E-state index is 0.175. The second-order valence-electron chi connectivity index (χ2n) is 8.76. The SMILES string of the molecule is COc1ccc(Cl)cc1[C@H]1C(C(=O)OC(C)C)=C(C)N=c2s/c(=C3/C(=O)Nc4ccc(Cl)cc43)c(=O)n21. The number of halogens is 2. The summed E-state index contributed by atoms with van der Waals surface area (Å²) in [6, 6.07) is 8.99. The van der Waals surface area contributed by atoms with E-state index in [2.05, 4.69) is 10.3 Å². The summed E-state index contributed by atoms with van der Waals surface area (Å²) in [5.41, 5.74) is 1.83. The molecule has 0 aliphatic carbocycles. The van der Waals surface area contributed by atoms with Crippen LogP contribution >= 0.6 is 34.5 Å². The molecule has 1 aromatic heterocycles. The smallest absolute Gasteiger partial charge is 0.338 e. The maximum absolute atomic E-state index is 14.0. The lowest BCUT2D eigenvalue weighted by atomic mass is 9.95. The molecule has 0 fully saturated rings. The zero-order chi connectivity index (χ0) is 26.6. The van der Waals surface area contributed by atoms with Crippen molar-refractivity contribution in [2.45, 2.75) is 32.9 Å². The highest BCUT2D eigenvalue weighted by atomic mass is 35.5. The Morgan fingerprint density at radius 1 is 1.14 bits per heavy atom. The van der Waals surface area contributed by atoms with Gasteiger partial charge in [-0.05, 0) is 57.2 Å². The average molecular weight is 558 g/mol. The largest absolute Gasteiger partial charge is 0.496 e. The molecule has 0 saturated carbocycles. The predicted octanol–water partition coefficient (Wildman–Crippen LogP) is 3.82. The van der Waals surface area contributed by atoms with E-state index in [1.807, 2.05) is 0 Å². The van der Waals surface area contributed by atoms with Crippen molar-refractivity contribution in [2.75, 3.05) is 12.4 Å². The Kier molecular flexibility index (Phi) is 6.47. The van der Waals surface area contributed by atoms with Gasteiger partial charge >= 0.3 is 5.97 Å². The molecule has 5 rings (SSSR count). The first-order valence-electron chi connectivity index (χ1n) is 11.3. The van der Waals surface area contributed by atoms with E-state index in [1.165, 1.54) is 11.7 Å². The molecule has 1 N–H and O–H groups in total. The van der Waals surface area contributed by atoms with Gasteiger partial charge in [0.2, 0.25) is 0 Å². The van der Waals surface area contributed by atoms with Gasteiger partial charge in [0.05, 0.1) is 30.1 Å². The monoisotopic (exact) mass is 557 g/mol. The molecule has 1 atom stereocenters. The number of thiazole rings is 1. The number of benzene rings is 2. The van der Waals surface area contributed by atoms with Crippen LogP contribution in [-0.4, -0.2) is 29.7 Å². The lowest BCUT2D eigenvalue weighted by Crippen LogP contribution is -2.41. The van der Waals surface area contributed by atoms with Crippen LogP contribution in [0.4, 0.5) is 5.69 Å². The van der Waals surface area contributed by atoms with Crippen LogP contribution < -0.4 is 24.9 Å². The number of nitrogens with one attached hydrogen (secondary N) is 1. The molecule has 0 saturated heterocycles. The number of aromatic nitrogens is 1. The maximum Gasteiger partial charge on any atom is 0.338 e. The number of esters is 1. The van der Waals surface area contributed by atoms with E-state index in [9.17, 15) is 14.4 Å². The molecule has 2 aromatic carbocycles. The first kappa shape index (κ1) is 25.3. The molecular formula is C26H21Cl2N3O5S. The van der Waals surface area contributed by atoms with Crippen molar-refractivity contribution < 1.29 is 19.1 Å². The predicted molar refractivity (Wildman–Crippen MR) is 142 cm³/mol. The highest BCUT2D eigenvalue weighted by molar-refractivity contribution is 7.07. The van der Waals surface area contributed by atoms with E-state index in [4.69, 9.17) is 32.7 Å². The lowest BCUT2D eigenvalue weighted by molar-refractivity contribution is -0.143. The molecule has 0 radical (unpaired) electrons. The van der Waals surface area contributed by atoms with Crippen molar-refractivity contribution in [1.29, 1.82) is 0 Å². The fourth-order valence-electron chi connectivity index (χ4n) is 4.49. The molecule has 3 aromatic rings. The van der Waals surface area contributed by atoms with Crippen molar-refractivity contribution in [3.63, 3.8) is 0 Å². The highest BCUT2D eigenvalue weighted by Crippen LogP contribution is 2.38. The van der Waals surface area contributed by atoms with Crippen molar-refractivity contribution >= 4 is 57.7 Å². The van der Waals surface area contributed by atoms with Crippen molar-refractivity contribution in [1.82, 2.24) is 4.57 Å². The Morgan fingerprint density at radius 3 is 2.54 bits per heavy atom. The van der Waals surface area contributed by atoms with Crippen LogP contribution in [0.3, 0.4) is 0 Å². The van der Waals surface area contributed by atoms with Gasteiger partial charge in [-0.1, -0.05) is 34.5 Å². The van der Waals surface area contributed by atoms with Crippen LogP contribution in [0.25, 0.3) is 5.57 Å². The number of rotatable bonds is 4. The third kappa shape index (κ3) is 4.27. The fraction of sp³-hybridized carbons (Fsp3) is 0.231. The van der Waals surface area contributed by atoms with Gasteiger partial charge in [0, 0.05) is 26.9 Å². The van der Waals surface area contributed by atoms with Crippen LogP contribution in [0.15, 0.2) is 57.5 Å². The Balaban J connectivity index is 1.85. The molecular weight excluding hydrogens is 537 g/mol. The van der Waals surface area contributed by atoms with Gasteiger partial charge in [0.25, 0.3) is 11.5 Å². The summed E-state index contributed by atoms with van der Waals surface area (Å²) in [4.78, 5) is 45.2. The standard InChI is InChI=1S/C26H21Cl2N3O5S/c1-11(2)36-25(34)19-12(3)29-26-31(21(19)16-10-14(28)6-8-18(16)35-4)24(33)22(37-26)20-15-9-13(27)5-7-17(15)30-23(20)32/h5-11,21H,1-4H3,(H,30,32)/b22-20+/t21-/m0/s1. The van der Waals surface area contributed by atoms with E-state index in [1.54, 1.807) is 57.2 Å². The van der Waals surface area contributed by atoms with Gasteiger partial charge in [0.15, 0.2) is 4.80 Å². The number of methoxy groups -OCH3 is 1. The zero-order valence-corrected chi connectivity index (χ0v) is 22.5. The normalized spacial score (nSPS) is 17.8. The maximum atomic E-state index is 14.0. The lowest BCUT2D eigenvalue weighted by Gasteiger charge is -2.26. The van der Waals surface area contributed by atoms with Crippen LogP contribution in [-0.2, 0) is 14.3 Å². The van der Waals surface area contributed by atoms with Gasteiger partial charge in [-0.3, -0.25) is 14.2 Å². The summed E-state index contributed by atoms with van der Waals surface area (Å²) < 4.78 is 12.7. The van der Waals surface area contributed by atoms with E-state index < -0.39 is 29.6 Å². The Labute approximate surface area is 225 Å². The number of nitrogens with zero attached hydrogens (tertiary/aromatic N) is 2. The van der Waals surface area contributed by atoms with Gasteiger partial charge in [-0.15, -0.1) is 0 Å². The van der Waals surface area contributed by atoms with Crippen molar-refractivity contribution in [2.24, 2.45) is 4.99 Å². The van der Waals surface area contributed by atoms with Gasteiger partial charge in [0.1, 0.15) is 16.3 Å². The molecule has 2 aliphatic heterocycles. The minimum Gasteiger partial charge on any atom is -0.496 e. The van der Waals surface area contributed by atoms with Gasteiger partial charge in [-0.2, -0.15) is 0 Å². The number of hydrogen-bond donors (Lipinski definition) is 1. The average Bonchev–Trinajstić information content (AvgIpc) is 3.32. The minimum atomic E-state index is -0.950. The quantitative estimate of drug-likeness (QED) is 0.491. The number of carbonyl (C=O) groups excluding carboxylic acids is 2. The van der Waals surface area contributed by atoms with E-state index >= 15 is 0 Å². The third-order valence-electron chi connectivity index (χ3n) is 6.00. The summed E-state index contributed by atoms with van der Waals surface area (Å²) in [5, 5.41) is 3.60. The summed E-state index contributed by atoms with van der Waals surface area (Å²) in [5.74, 6) is -0.612. The molecule has 0 bridgehead atoms. The molecule has 0 unspecified atom stereocenters.